The average molecular weight is 342 g/mol. The molecule has 0 aliphatic heterocycles. The number of hydrogen-bond acceptors (Lipinski definition) is 4. The molecule has 1 saturated carbocycles. The van der Waals surface area contributed by atoms with Gasteiger partial charge < -0.3 is 20.5 Å². The number of amides is 2. The summed E-state index contributed by atoms with van der Waals surface area (Å²) in [4.78, 5) is 35.7. The fourth-order valence-corrected chi connectivity index (χ4v) is 2.33. The van der Waals surface area contributed by atoms with E-state index in [-0.39, 0.29) is 5.92 Å². The van der Waals surface area contributed by atoms with Gasteiger partial charge in [0.25, 0.3) is 0 Å². The molecule has 1 rings (SSSR count). The van der Waals surface area contributed by atoms with Gasteiger partial charge >= 0.3 is 12.1 Å². The van der Waals surface area contributed by atoms with Crippen molar-refractivity contribution in [1.82, 2.24) is 10.6 Å². The van der Waals surface area contributed by atoms with E-state index in [0.717, 1.165) is 12.8 Å². The summed E-state index contributed by atoms with van der Waals surface area (Å²) < 4.78 is 5.18. The van der Waals surface area contributed by atoms with E-state index in [0.29, 0.717) is 18.8 Å². The topological polar surface area (TPSA) is 105 Å². The van der Waals surface area contributed by atoms with Crippen LogP contribution in [0.2, 0.25) is 0 Å². The fourth-order valence-electron chi connectivity index (χ4n) is 2.33. The van der Waals surface area contributed by atoms with E-state index in [1.54, 1.807) is 20.8 Å². The summed E-state index contributed by atoms with van der Waals surface area (Å²) in [6.07, 6.45) is 2.16. The van der Waals surface area contributed by atoms with Gasteiger partial charge in [-0.05, 0) is 45.4 Å². The normalized spacial score (nSPS) is 17.1. The van der Waals surface area contributed by atoms with Crippen molar-refractivity contribution in [1.29, 1.82) is 0 Å². The quantitative estimate of drug-likeness (QED) is 0.628. The Bertz CT molecular complexity index is 466. The minimum atomic E-state index is -1.05. The summed E-state index contributed by atoms with van der Waals surface area (Å²) in [6, 6.07) is -1.74. The molecular weight excluding hydrogens is 312 g/mol. The van der Waals surface area contributed by atoms with Crippen molar-refractivity contribution in [3.63, 3.8) is 0 Å². The second-order valence-corrected chi connectivity index (χ2v) is 7.91. The molecule has 0 aromatic rings. The Labute approximate surface area is 143 Å². The van der Waals surface area contributed by atoms with Crippen molar-refractivity contribution in [2.45, 2.75) is 78.0 Å². The number of rotatable bonds is 8. The Balaban J connectivity index is 2.68. The third-order valence-corrected chi connectivity index (χ3v) is 3.60. The van der Waals surface area contributed by atoms with E-state index in [2.05, 4.69) is 10.6 Å². The van der Waals surface area contributed by atoms with Crippen LogP contribution in [0.15, 0.2) is 0 Å². The molecule has 2 amide bonds. The minimum absolute atomic E-state index is 0.155. The number of aliphatic carboxylic acids is 1. The lowest BCUT2D eigenvalue weighted by atomic mass is 10.0. The van der Waals surface area contributed by atoms with Crippen LogP contribution in [0, 0.1) is 11.8 Å². The highest BCUT2D eigenvalue weighted by Crippen LogP contribution is 2.33. The van der Waals surface area contributed by atoms with Crippen molar-refractivity contribution < 1.29 is 24.2 Å². The average Bonchev–Trinajstić information content (AvgIpc) is 3.17. The van der Waals surface area contributed by atoms with E-state index in [4.69, 9.17) is 4.74 Å². The Hall–Kier alpha value is -1.79. The van der Waals surface area contributed by atoms with Crippen LogP contribution in [0.25, 0.3) is 0 Å². The van der Waals surface area contributed by atoms with Crippen LogP contribution >= 0.6 is 0 Å². The molecule has 1 unspecified atom stereocenters. The number of carbonyl (C=O) groups excluding carboxylic acids is 2. The molecule has 7 nitrogen and oxygen atoms in total. The lowest BCUT2D eigenvalue weighted by molar-refractivity contribution is -0.142. The first-order chi connectivity index (χ1) is 11.0. The van der Waals surface area contributed by atoms with Crippen molar-refractivity contribution >= 4 is 18.0 Å². The van der Waals surface area contributed by atoms with Crippen molar-refractivity contribution in [2.75, 3.05) is 0 Å². The molecule has 7 heteroatoms. The molecule has 0 radical (unpaired) electrons. The van der Waals surface area contributed by atoms with Crippen molar-refractivity contribution in [2.24, 2.45) is 11.8 Å². The minimum Gasteiger partial charge on any atom is -0.480 e. The van der Waals surface area contributed by atoms with Gasteiger partial charge in [0.15, 0.2) is 0 Å². The molecule has 1 aliphatic rings. The smallest absolute Gasteiger partial charge is 0.408 e. The van der Waals surface area contributed by atoms with Gasteiger partial charge in [-0.3, -0.25) is 4.79 Å². The summed E-state index contributed by atoms with van der Waals surface area (Å²) in [5, 5.41) is 14.4. The fraction of sp³-hybridized carbons (Fsp3) is 0.824. The molecule has 0 bridgehead atoms. The molecular formula is C17H30N2O5. The third-order valence-electron chi connectivity index (χ3n) is 3.60. The molecule has 0 aromatic carbocycles. The number of nitrogens with one attached hydrogen (secondary N) is 2. The van der Waals surface area contributed by atoms with Gasteiger partial charge in [0.05, 0.1) is 0 Å². The SMILES string of the molecule is CC(C)C[C@@H](NC(=O)OC(C)(C)C)C(=O)NC(CC1CC1)C(=O)O. The van der Waals surface area contributed by atoms with Crippen LogP contribution < -0.4 is 10.6 Å². The Morgan fingerprint density at radius 2 is 1.71 bits per heavy atom. The summed E-state index contributed by atoms with van der Waals surface area (Å²) >= 11 is 0. The summed E-state index contributed by atoms with van der Waals surface area (Å²) in [5.74, 6) is -1.01. The molecule has 2 atom stereocenters. The van der Waals surface area contributed by atoms with Gasteiger partial charge in [0.2, 0.25) is 5.91 Å². The lowest BCUT2D eigenvalue weighted by Gasteiger charge is -2.25. The van der Waals surface area contributed by atoms with Gasteiger partial charge in [-0.25, -0.2) is 9.59 Å². The summed E-state index contributed by atoms with van der Waals surface area (Å²) in [6.45, 7) is 9.06. The number of ether oxygens (including phenoxy) is 1. The predicted octanol–water partition coefficient (Wildman–Crippen LogP) is 2.30. The van der Waals surface area contributed by atoms with Crippen LogP contribution in [-0.4, -0.2) is 40.8 Å². The molecule has 1 fully saturated rings. The maximum Gasteiger partial charge on any atom is 0.408 e. The van der Waals surface area contributed by atoms with Crippen LogP contribution in [-0.2, 0) is 14.3 Å². The molecule has 0 aromatic heterocycles. The monoisotopic (exact) mass is 342 g/mol. The van der Waals surface area contributed by atoms with Gasteiger partial charge in [-0.1, -0.05) is 26.7 Å². The van der Waals surface area contributed by atoms with Gasteiger partial charge in [-0.2, -0.15) is 0 Å². The zero-order chi connectivity index (χ0) is 18.5. The molecule has 24 heavy (non-hydrogen) atoms. The number of hydrogen-bond donors (Lipinski definition) is 3. The Morgan fingerprint density at radius 1 is 1.12 bits per heavy atom. The van der Waals surface area contributed by atoms with Gasteiger partial charge in [-0.15, -0.1) is 0 Å². The highest BCUT2D eigenvalue weighted by atomic mass is 16.6. The zero-order valence-electron chi connectivity index (χ0n) is 15.2. The molecule has 0 spiro atoms. The number of alkyl carbamates (subject to hydrolysis) is 1. The standard InChI is InChI=1S/C17H30N2O5/c1-10(2)8-12(19-16(23)24-17(3,4)5)14(20)18-13(15(21)22)9-11-6-7-11/h10-13H,6-9H2,1-5H3,(H,18,20)(H,19,23)(H,21,22)/t12-,13?/m1/s1. The first-order valence-electron chi connectivity index (χ1n) is 8.50. The molecule has 1 aliphatic carbocycles. The number of carboxylic acid groups (broad SMARTS) is 1. The van der Waals surface area contributed by atoms with Crippen LogP contribution in [0.5, 0.6) is 0 Å². The van der Waals surface area contributed by atoms with E-state index in [9.17, 15) is 19.5 Å². The molecule has 0 saturated heterocycles. The lowest BCUT2D eigenvalue weighted by Crippen LogP contribution is -2.52. The second-order valence-electron chi connectivity index (χ2n) is 7.91. The maximum atomic E-state index is 12.5. The number of carboxylic acids is 1. The largest absolute Gasteiger partial charge is 0.480 e. The van der Waals surface area contributed by atoms with Crippen LogP contribution in [0.1, 0.15) is 60.3 Å². The van der Waals surface area contributed by atoms with E-state index < -0.39 is 35.7 Å². The highest BCUT2D eigenvalue weighted by molar-refractivity contribution is 5.89. The summed E-state index contributed by atoms with van der Waals surface area (Å²) in [5.41, 5.74) is -0.668. The predicted molar refractivity (Wildman–Crippen MR) is 89.5 cm³/mol. The molecule has 3 N–H and O–H groups in total. The Morgan fingerprint density at radius 3 is 2.12 bits per heavy atom. The van der Waals surface area contributed by atoms with E-state index >= 15 is 0 Å². The Kier molecular flexibility index (Phi) is 7.05. The van der Waals surface area contributed by atoms with Crippen LogP contribution in [0.4, 0.5) is 4.79 Å². The second kappa shape index (κ2) is 8.35. The highest BCUT2D eigenvalue weighted by Gasteiger charge is 2.33. The van der Waals surface area contributed by atoms with Gasteiger partial charge in [0.1, 0.15) is 17.7 Å². The number of carbonyl (C=O) groups is 3. The van der Waals surface area contributed by atoms with Crippen molar-refractivity contribution in [3.8, 4) is 0 Å². The van der Waals surface area contributed by atoms with Crippen LogP contribution in [0.3, 0.4) is 0 Å². The molecule has 0 heterocycles. The van der Waals surface area contributed by atoms with E-state index in [1.165, 1.54) is 0 Å². The van der Waals surface area contributed by atoms with E-state index in [1.807, 2.05) is 13.8 Å². The molecule has 138 valence electrons. The first-order valence-corrected chi connectivity index (χ1v) is 8.50. The third kappa shape index (κ3) is 8.17. The van der Waals surface area contributed by atoms with Crippen molar-refractivity contribution in [3.05, 3.63) is 0 Å². The first kappa shape index (κ1) is 20.3. The summed E-state index contributed by atoms with van der Waals surface area (Å²) in [7, 11) is 0. The maximum absolute atomic E-state index is 12.5. The van der Waals surface area contributed by atoms with Gasteiger partial charge in [0, 0.05) is 0 Å². The zero-order valence-corrected chi connectivity index (χ0v) is 15.2.